The summed E-state index contributed by atoms with van der Waals surface area (Å²) in [6, 6.07) is 21.1. The average molecular weight is 815 g/mol. The number of anilines is 4. The fourth-order valence-electron chi connectivity index (χ4n) is 5.25. The lowest BCUT2D eigenvalue weighted by atomic mass is 10.1. The Kier molecular flexibility index (Phi) is 9.64. The van der Waals surface area contributed by atoms with Crippen molar-refractivity contribution in [3.8, 4) is 11.5 Å². The van der Waals surface area contributed by atoms with E-state index in [1.54, 1.807) is 0 Å². The molecule has 0 unspecified atom stereocenters. The summed E-state index contributed by atoms with van der Waals surface area (Å²) in [6.45, 7) is 0. The normalized spacial score (nSPS) is 12.3. The molecule has 0 aliphatic rings. The molecule has 0 aliphatic carbocycles. The first-order chi connectivity index (χ1) is 25.2. The minimum atomic E-state index is -4.61. The van der Waals surface area contributed by atoms with Gasteiger partial charge in [-0.05, 0) is 83.6 Å². The number of urea groups is 1. The molecule has 6 rings (SSSR count). The zero-order chi connectivity index (χ0) is 39.2. The van der Waals surface area contributed by atoms with Crippen LogP contribution in [0.5, 0.6) is 11.5 Å². The maximum atomic E-state index is 13.2. The number of rotatable bonds is 10. The number of amides is 2. The lowest BCUT2D eigenvalue weighted by Gasteiger charge is -2.13. The van der Waals surface area contributed by atoms with Crippen molar-refractivity contribution in [2.45, 2.75) is 19.6 Å². The molecule has 0 aliphatic heterocycles. The minimum Gasteiger partial charge on any atom is -0.507 e. The maximum Gasteiger partial charge on any atom is 0.323 e. The summed E-state index contributed by atoms with van der Waals surface area (Å²) in [5, 5.41) is 26.1. The smallest absolute Gasteiger partial charge is 0.323 e. The molecule has 0 fully saturated rings. The number of sulfonamides is 2. The van der Waals surface area contributed by atoms with E-state index in [-0.39, 0.29) is 54.1 Å². The molecule has 0 bridgehead atoms. The molecule has 2 amide bonds. The van der Waals surface area contributed by atoms with Crippen LogP contribution in [0.3, 0.4) is 0 Å². The number of hydrogen-bond donors (Lipinski definition) is 8. The molecule has 0 atom stereocenters. The second-order valence-electron chi connectivity index (χ2n) is 11.6. The van der Waals surface area contributed by atoms with Gasteiger partial charge in [-0.2, -0.15) is 16.8 Å². The van der Waals surface area contributed by atoms with Crippen molar-refractivity contribution < 1.29 is 57.8 Å². The van der Waals surface area contributed by atoms with E-state index in [9.17, 15) is 57.8 Å². The van der Waals surface area contributed by atoms with Gasteiger partial charge >= 0.3 is 6.03 Å². The van der Waals surface area contributed by atoms with Crippen LogP contribution < -0.4 is 20.1 Å². The van der Waals surface area contributed by atoms with Crippen molar-refractivity contribution >= 4 is 90.6 Å². The van der Waals surface area contributed by atoms with E-state index in [2.05, 4.69) is 20.1 Å². The van der Waals surface area contributed by atoms with Gasteiger partial charge in [0.15, 0.2) is 0 Å². The number of benzene rings is 6. The highest BCUT2D eigenvalue weighted by molar-refractivity contribution is 7.93. The van der Waals surface area contributed by atoms with E-state index >= 15 is 0 Å². The van der Waals surface area contributed by atoms with Crippen LogP contribution in [0.1, 0.15) is 0 Å². The van der Waals surface area contributed by atoms with Crippen molar-refractivity contribution in [3.63, 3.8) is 0 Å². The van der Waals surface area contributed by atoms with E-state index < -0.39 is 67.6 Å². The average Bonchev–Trinajstić information content (AvgIpc) is 3.08. The van der Waals surface area contributed by atoms with E-state index in [0.29, 0.717) is 0 Å². The molecule has 54 heavy (non-hydrogen) atoms. The largest absolute Gasteiger partial charge is 0.507 e. The number of aromatic hydroxyl groups is 2. The second-order valence-corrected chi connectivity index (χ2v) is 17.8. The molecule has 0 radical (unpaired) electrons. The Bertz CT molecular complexity index is 2770. The van der Waals surface area contributed by atoms with Gasteiger partial charge in [0.05, 0.1) is 19.6 Å². The molecule has 280 valence electrons. The molecule has 8 N–H and O–H groups in total. The zero-order valence-corrected chi connectivity index (χ0v) is 30.3. The van der Waals surface area contributed by atoms with Crippen molar-refractivity contribution in [2.24, 2.45) is 0 Å². The third-order valence-electron chi connectivity index (χ3n) is 7.72. The molecule has 0 saturated carbocycles. The van der Waals surface area contributed by atoms with Crippen molar-refractivity contribution in [2.75, 3.05) is 20.1 Å². The van der Waals surface area contributed by atoms with E-state index in [1.165, 1.54) is 72.8 Å². The predicted octanol–water partition coefficient (Wildman–Crippen LogP) is 5.14. The van der Waals surface area contributed by atoms with Crippen LogP contribution in [0.25, 0.3) is 21.5 Å². The maximum absolute atomic E-state index is 13.2. The Morgan fingerprint density at radius 1 is 0.444 bits per heavy atom. The summed E-state index contributed by atoms with van der Waals surface area (Å²) in [4.78, 5) is 11.2. The summed E-state index contributed by atoms with van der Waals surface area (Å²) in [6.07, 6.45) is 0. The highest BCUT2D eigenvalue weighted by Crippen LogP contribution is 2.33. The van der Waals surface area contributed by atoms with Crippen LogP contribution in [0.4, 0.5) is 27.5 Å². The van der Waals surface area contributed by atoms with Gasteiger partial charge in [0.25, 0.3) is 40.3 Å². The first-order valence-electron chi connectivity index (χ1n) is 15.0. The highest BCUT2D eigenvalue weighted by atomic mass is 32.2. The summed E-state index contributed by atoms with van der Waals surface area (Å²) in [7, 11) is -17.8. The van der Waals surface area contributed by atoms with Gasteiger partial charge < -0.3 is 20.8 Å². The fourth-order valence-corrected chi connectivity index (χ4v) is 8.51. The zero-order valence-electron chi connectivity index (χ0n) is 27.0. The summed E-state index contributed by atoms with van der Waals surface area (Å²) in [5.41, 5.74) is 0.0905. The first kappa shape index (κ1) is 37.8. The molecule has 6 aromatic rings. The van der Waals surface area contributed by atoms with Gasteiger partial charge in [0, 0.05) is 45.7 Å². The van der Waals surface area contributed by atoms with E-state index in [4.69, 9.17) is 0 Å². The topological polar surface area (TPSA) is 283 Å². The Morgan fingerprint density at radius 2 is 0.833 bits per heavy atom. The van der Waals surface area contributed by atoms with Crippen molar-refractivity contribution in [1.29, 1.82) is 0 Å². The highest BCUT2D eigenvalue weighted by Gasteiger charge is 2.20. The van der Waals surface area contributed by atoms with Gasteiger partial charge in [-0.1, -0.05) is 24.3 Å². The van der Waals surface area contributed by atoms with E-state index in [1.807, 2.05) is 0 Å². The summed E-state index contributed by atoms with van der Waals surface area (Å²) >= 11 is 0. The third kappa shape index (κ3) is 8.30. The summed E-state index contributed by atoms with van der Waals surface area (Å²) < 4.78 is 122. The van der Waals surface area contributed by atoms with Gasteiger partial charge in [-0.25, -0.2) is 21.6 Å². The Labute approximate surface area is 307 Å². The second kappa shape index (κ2) is 13.8. The Morgan fingerprint density at radius 3 is 1.20 bits per heavy atom. The molecule has 0 saturated heterocycles. The molecule has 21 heteroatoms. The van der Waals surface area contributed by atoms with Gasteiger partial charge in [-0.3, -0.25) is 18.5 Å². The molecule has 0 heterocycles. The summed E-state index contributed by atoms with van der Waals surface area (Å²) in [5.74, 6) is -1.05. The first-order valence-corrected chi connectivity index (χ1v) is 20.8. The molecular weight excluding hydrogens is 789 g/mol. The van der Waals surface area contributed by atoms with Crippen LogP contribution in [-0.4, -0.2) is 59.0 Å². The number of hydrogen-bond acceptors (Lipinski definition) is 11. The van der Waals surface area contributed by atoms with Crippen molar-refractivity contribution in [3.05, 3.63) is 109 Å². The Balaban J connectivity index is 1.14. The van der Waals surface area contributed by atoms with Crippen LogP contribution >= 0.6 is 0 Å². The van der Waals surface area contributed by atoms with Crippen LogP contribution in [0.2, 0.25) is 0 Å². The van der Waals surface area contributed by atoms with Crippen LogP contribution in [0.15, 0.2) is 129 Å². The number of phenolic OH excluding ortho intramolecular Hbond substituents is 2. The standard InChI is InChI=1S/C33H26N4O13S4/c38-31-17-27(53(45,46)47)11-19-7-9-23(15-29(19)31)36-51(41,42)25-5-1-3-21(13-25)34-33(40)35-22-4-2-6-26(14-22)52(43,44)37-24-10-8-20-12-28(54(48,49)50)18-32(39)30(20)16-24/h1-18,36-39H,(H2,34,35,40)(H,45,46,47)(H,48,49,50). The molecule has 17 nitrogen and oxygen atoms in total. The number of carbonyl (C=O) groups is 1. The van der Waals surface area contributed by atoms with Crippen LogP contribution in [0, 0.1) is 0 Å². The Hall–Kier alpha value is -5.97. The predicted molar refractivity (Wildman–Crippen MR) is 198 cm³/mol. The van der Waals surface area contributed by atoms with Crippen LogP contribution in [-0.2, 0) is 40.3 Å². The molecule has 0 spiro atoms. The molecule has 0 aromatic heterocycles. The molecular formula is C33H26N4O13S4. The van der Waals surface area contributed by atoms with Gasteiger partial charge in [0.1, 0.15) is 11.5 Å². The third-order valence-corrected chi connectivity index (χ3v) is 12.1. The van der Waals surface area contributed by atoms with E-state index in [0.717, 1.165) is 36.4 Å². The van der Waals surface area contributed by atoms with Gasteiger partial charge in [-0.15, -0.1) is 0 Å². The number of phenols is 2. The minimum absolute atomic E-state index is 0.00543. The molecule has 6 aromatic carbocycles. The lowest BCUT2D eigenvalue weighted by molar-refractivity contribution is 0.262. The quantitative estimate of drug-likeness (QED) is 0.0833. The monoisotopic (exact) mass is 814 g/mol. The number of fused-ring (bicyclic) bond motifs is 2. The van der Waals surface area contributed by atoms with Gasteiger partial charge in [0.2, 0.25) is 0 Å². The lowest BCUT2D eigenvalue weighted by Crippen LogP contribution is -2.20. The van der Waals surface area contributed by atoms with Crippen molar-refractivity contribution in [1.82, 2.24) is 0 Å². The fraction of sp³-hybridized carbons (Fsp3) is 0. The number of carbonyl (C=O) groups excluding carboxylic acids is 1. The SMILES string of the molecule is O=C(Nc1cccc(S(=O)(=O)Nc2ccc3cc(S(=O)(=O)O)cc(O)c3c2)c1)Nc1cccc(S(=O)(=O)Nc2ccc3cc(S(=O)(=O)O)cc(O)c3c2)c1. The number of nitrogens with one attached hydrogen (secondary N) is 4.